The third-order valence-electron chi connectivity index (χ3n) is 2.82. The van der Waals surface area contributed by atoms with Crippen LogP contribution in [0.3, 0.4) is 0 Å². The van der Waals surface area contributed by atoms with E-state index in [1.807, 2.05) is 23.9 Å². The van der Waals surface area contributed by atoms with Gasteiger partial charge in [0.1, 0.15) is 0 Å². The number of hydrogen-bond donors (Lipinski definition) is 1. The molecule has 0 aliphatic carbocycles. The Balaban J connectivity index is 1.65. The van der Waals surface area contributed by atoms with E-state index in [-0.39, 0.29) is 0 Å². The molecule has 2 aromatic rings. The van der Waals surface area contributed by atoms with E-state index in [2.05, 4.69) is 42.5 Å². The van der Waals surface area contributed by atoms with E-state index in [9.17, 15) is 0 Å². The molecule has 2 rings (SSSR count). The fourth-order valence-electron chi connectivity index (χ4n) is 1.89. The maximum Gasteiger partial charge on any atom is 0.0316 e. The molecular formula is C16H19NS. The number of rotatable bonds is 6. The Labute approximate surface area is 113 Å². The highest BCUT2D eigenvalue weighted by Gasteiger charge is 1.96. The first-order chi connectivity index (χ1) is 8.84. The van der Waals surface area contributed by atoms with Crippen molar-refractivity contribution in [2.75, 3.05) is 11.5 Å². The van der Waals surface area contributed by atoms with Crippen LogP contribution in [0.25, 0.3) is 0 Å². The van der Waals surface area contributed by atoms with E-state index in [0.717, 1.165) is 17.9 Å². The summed E-state index contributed by atoms with van der Waals surface area (Å²) in [4.78, 5) is 0. The first-order valence-electron chi connectivity index (χ1n) is 6.31. The Morgan fingerprint density at radius 1 is 0.889 bits per heavy atom. The summed E-state index contributed by atoms with van der Waals surface area (Å²) in [6, 6.07) is 18.8. The third kappa shape index (κ3) is 4.46. The summed E-state index contributed by atoms with van der Waals surface area (Å²) in [5.41, 5.74) is 9.38. The molecule has 18 heavy (non-hydrogen) atoms. The van der Waals surface area contributed by atoms with Crippen molar-refractivity contribution in [1.82, 2.24) is 0 Å². The molecule has 0 aromatic heterocycles. The summed E-state index contributed by atoms with van der Waals surface area (Å²) in [6.07, 6.45) is 2.33. The van der Waals surface area contributed by atoms with E-state index < -0.39 is 0 Å². The van der Waals surface area contributed by atoms with Gasteiger partial charge in [-0.25, -0.2) is 0 Å². The summed E-state index contributed by atoms with van der Waals surface area (Å²) < 4.78 is 0. The summed E-state index contributed by atoms with van der Waals surface area (Å²) in [5.74, 6) is 2.31. The van der Waals surface area contributed by atoms with Crippen LogP contribution in [0.1, 0.15) is 17.5 Å². The van der Waals surface area contributed by atoms with E-state index in [1.165, 1.54) is 23.3 Å². The van der Waals surface area contributed by atoms with Gasteiger partial charge in [0.25, 0.3) is 0 Å². The fraction of sp³-hybridized carbons (Fsp3) is 0.250. The molecular weight excluding hydrogens is 238 g/mol. The average molecular weight is 257 g/mol. The lowest BCUT2D eigenvalue weighted by molar-refractivity contribution is 0.933. The second-order valence-corrected chi connectivity index (χ2v) is 5.49. The second kappa shape index (κ2) is 7.12. The van der Waals surface area contributed by atoms with Gasteiger partial charge in [0, 0.05) is 11.4 Å². The van der Waals surface area contributed by atoms with E-state index in [4.69, 9.17) is 5.73 Å². The van der Waals surface area contributed by atoms with Gasteiger partial charge in [-0.15, -0.1) is 0 Å². The predicted octanol–water partition coefficient (Wildman–Crippen LogP) is 4.13. The van der Waals surface area contributed by atoms with Crippen molar-refractivity contribution in [3.63, 3.8) is 0 Å². The molecule has 0 radical (unpaired) electrons. The first-order valence-corrected chi connectivity index (χ1v) is 7.46. The lowest BCUT2D eigenvalue weighted by atomic mass is 10.1. The monoisotopic (exact) mass is 257 g/mol. The van der Waals surface area contributed by atoms with Gasteiger partial charge in [0.2, 0.25) is 0 Å². The van der Waals surface area contributed by atoms with Crippen molar-refractivity contribution < 1.29 is 0 Å². The molecule has 2 N–H and O–H groups in total. The molecule has 0 aliphatic rings. The molecule has 94 valence electrons. The second-order valence-electron chi connectivity index (χ2n) is 4.39. The van der Waals surface area contributed by atoms with Crippen molar-refractivity contribution in [1.29, 1.82) is 0 Å². The Bertz CT molecular complexity index is 468. The molecule has 0 saturated carbocycles. The fourth-order valence-corrected chi connectivity index (χ4v) is 2.81. The minimum atomic E-state index is 0.865. The first kappa shape index (κ1) is 13.0. The van der Waals surface area contributed by atoms with Gasteiger partial charge in [-0.1, -0.05) is 42.5 Å². The number of benzene rings is 2. The van der Waals surface area contributed by atoms with Gasteiger partial charge in [-0.05, 0) is 41.9 Å². The van der Waals surface area contributed by atoms with Crippen LogP contribution in [0, 0.1) is 0 Å². The van der Waals surface area contributed by atoms with Crippen LogP contribution in [-0.4, -0.2) is 5.75 Å². The molecule has 0 saturated heterocycles. The lowest BCUT2D eigenvalue weighted by Crippen LogP contribution is -1.91. The summed E-state index contributed by atoms with van der Waals surface area (Å²) in [5, 5.41) is 0. The summed E-state index contributed by atoms with van der Waals surface area (Å²) in [6.45, 7) is 0. The predicted molar refractivity (Wildman–Crippen MR) is 81.8 cm³/mol. The average Bonchev–Trinajstić information content (AvgIpc) is 2.40. The van der Waals surface area contributed by atoms with Gasteiger partial charge < -0.3 is 5.73 Å². The van der Waals surface area contributed by atoms with Gasteiger partial charge >= 0.3 is 0 Å². The molecule has 0 heterocycles. The zero-order valence-electron chi connectivity index (χ0n) is 10.5. The normalized spacial score (nSPS) is 10.4. The Morgan fingerprint density at radius 3 is 2.44 bits per heavy atom. The Morgan fingerprint density at radius 2 is 1.67 bits per heavy atom. The highest BCUT2D eigenvalue weighted by atomic mass is 32.2. The maximum absolute atomic E-state index is 5.76. The quantitative estimate of drug-likeness (QED) is 0.622. The van der Waals surface area contributed by atoms with Crippen molar-refractivity contribution in [2.24, 2.45) is 0 Å². The van der Waals surface area contributed by atoms with Gasteiger partial charge in [-0.3, -0.25) is 0 Å². The number of hydrogen-bond acceptors (Lipinski definition) is 2. The van der Waals surface area contributed by atoms with Crippen LogP contribution in [0.5, 0.6) is 0 Å². The van der Waals surface area contributed by atoms with Crippen LogP contribution < -0.4 is 5.73 Å². The Hall–Kier alpha value is -1.41. The number of nitrogen functional groups attached to an aromatic ring is 1. The van der Waals surface area contributed by atoms with Crippen molar-refractivity contribution in [3.05, 3.63) is 65.7 Å². The molecule has 0 atom stereocenters. The zero-order chi connectivity index (χ0) is 12.6. The molecule has 1 nitrogen and oxygen atoms in total. The molecule has 0 bridgehead atoms. The van der Waals surface area contributed by atoms with Crippen molar-refractivity contribution in [3.8, 4) is 0 Å². The minimum absolute atomic E-state index is 0.865. The van der Waals surface area contributed by atoms with E-state index in [1.54, 1.807) is 0 Å². The van der Waals surface area contributed by atoms with Crippen LogP contribution >= 0.6 is 11.8 Å². The van der Waals surface area contributed by atoms with Crippen molar-refractivity contribution >= 4 is 17.4 Å². The standard InChI is InChI=1S/C16H19NS/c17-16-10-4-8-14(12-16)9-5-11-18-13-15-6-2-1-3-7-15/h1-4,6-8,10,12H,5,9,11,13,17H2. The zero-order valence-corrected chi connectivity index (χ0v) is 11.3. The minimum Gasteiger partial charge on any atom is -0.399 e. The van der Waals surface area contributed by atoms with Gasteiger partial charge in [0.15, 0.2) is 0 Å². The van der Waals surface area contributed by atoms with Gasteiger partial charge in [-0.2, -0.15) is 11.8 Å². The number of nitrogens with two attached hydrogens (primary N) is 1. The van der Waals surface area contributed by atoms with Gasteiger partial charge in [0.05, 0.1) is 0 Å². The summed E-state index contributed by atoms with van der Waals surface area (Å²) >= 11 is 2.00. The third-order valence-corrected chi connectivity index (χ3v) is 3.93. The molecule has 0 fully saturated rings. The topological polar surface area (TPSA) is 26.0 Å². The Kier molecular flexibility index (Phi) is 5.15. The van der Waals surface area contributed by atoms with Crippen LogP contribution in [0.15, 0.2) is 54.6 Å². The number of aryl methyl sites for hydroxylation is 1. The number of anilines is 1. The molecule has 0 aliphatic heterocycles. The highest BCUT2D eigenvalue weighted by Crippen LogP contribution is 2.15. The smallest absolute Gasteiger partial charge is 0.0316 e. The van der Waals surface area contributed by atoms with E-state index in [0.29, 0.717) is 0 Å². The molecule has 2 heteroatoms. The van der Waals surface area contributed by atoms with Crippen LogP contribution in [0.2, 0.25) is 0 Å². The SMILES string of the molecule is Nc1cccc(CCCSCc2ccccc2)c1. The van der Waals surface area contributed by atoms with E-state index >= 15 is 0 Å². The summed E-state index contributed by atoms with van der Waals surface area (Å²) in [7, 11) is 0. The van der Waals surface area contributed by atoms with Crippen LogP contribution in [-0.2, 0) is 12.2 Å². The number of thioether (sulfide) groups is 1. The molecule has 0 amide bonds. The maximum atomic E-state index is 5.76. The molecule has 2 aromatic carbocycles. The highest BCUT2D eigenvalue weighted by molar-refractivity contribution is 7.98. The van der Waals surface area contributed by atoms with Crippen molar-refractivity contribution in [2.45, 2.75) is 18.6 Å². The molecule has 0 unspecified atom stereocenters. The molecule has 0 spiro atoms. The van der Waals surface area contributed by atoms with Crippen LogP contribution in [0.4, 0.5) is 5.69 Å². The lowest BCUT2D eigenvalue weighted by Gasteiger charge is -2.03. The largest absolute Gasteiger partial charge is 0.399 e.